The van der Waals surface area contributed by atoms with Gasteiger partial charge in [0.2, 0.25) is 10.0 Å². The zero-order valence-electron chi connectivity index (χ0n) is 13.5. The van der Waals surface area contributed by atoms with Crippen LogP contribution in [-0.2, 0) is 16.4 Å². The molecule has 1 fully saturated rings. The van der Waals surface area contributed by atoms with Crippen LogP contribution >= 0.6 is 0 Å². The molecule has 0 bridgehead atoms. The van der Waals surface area contributed by atoms with Crippen LogP contribution in [0.3, 0.4) is 0 Å². The summed E-state index contributed by atoms with van der Waals surface area (Å²) in [5.74, 6) is 0.157. The Morgan fingerprint density at radius 2 is 1.96 bits per heavy atom. The van der Waals surface area contributed by atoms with Gasteiger partial charge in [0.25, 0.3) is 0 Å². The first kappa shape index (κ1) is 17.1. The molecule has 0 amide bonds. The number of aromatic nitrogens is 2. The molecule has 0 aliphatic carbocycles. The number of nitrogens with one attached hydrogen (secondary N) is 1. The normalized spacial score (nSPS) is 18.5. The number of aromatic amines is 1. The van der Waals surface area contributed by atoms with Crippen LogP contribution in [-0.4, -0.2) is 47.2 Å². The Kier molecular flexibility index (Phi) is 5.33. The molecule has 2 aromatic rings. The fourth-order valence-electron chi connectivity index (χ4n) is 3.23. The van der Waals surface area contributed by atoms with Crippen LogP contribution in [0.2, 0.25) is 0 Å². The van der Waals surface area contributed by atoms with Gasteiger partial charge < -0.3 is 5.11 Å². The van der Waals surface area contributed by atoms with E-state index in [0.29, 0.717) is 32.4 Å². The van der Waals surface area contributed by atoms with Gasteiger partial charge in [-0.2, -0.15) is 9.40 Å². The quantitative estimate of drug-likeness (QED) is 0.833. The van der Waals surface area contributed by atoms with E-state index < -0.39 is 10.0 Å². The molecule has 3 rings (SSSR count). The molecular formula is C17H23N3O3S. The van der Waals surface area contributed by atoms with E-state index in [9.17, 15) is 13.5 Å². The molecule has 24 heavy (non-hydrogen) atoms. The average molecular weight is 349 g/mol. The Morgan fingerprint density at radius 1 is 1.25 bits per heavy atom. The summed E-state index contributed by atoms with van der Waals surface area (Å²) in [7, 11) is -3.47. The number of sulfonamides is 1. The van der Waals surface area contributed by atoms with Crippen LogP contribution in [0.1, 0.15) is 24.8 Å². The maximum absolute atomic E-state index is 12.4. The lowest BCUT2D eigenvalue weighted by atomic mass is 9.89. The number of hydrogen-bond acceptors (Lipinski definition) is 4. The van der Waals surface area contributed by atoms with Gasteiger partial charge in [-0.3, -0.25) is 5.10 Å². The van der Waals surface area contributed by atoms with Gasteiger partial charge >= 0.3 is 0 Å². The predicted octanol–water partition coefficient (Wildman–Crippen LogP) is 1.80. The Hall–Kier alpha value is -1.70. The second-order valence-electron chi connectivity index (χ2n) is 6.27. The third-order valence-corrected chi connectivity index (χ3v) is 6.59. The van der Waals surface area contributed by atoms with Gasteiger partial charge in [-0.15, -0.1) is 0 Å². The predicted molar refractivity (Wildman–Crippen MR) is 90.8 cm³/mol. The molecule has 0 spiro atoms. The van der Waals surface area contributed by atoms with Crippen LogP contribution in [0.25, 0.3) is 0 Å². The lowest BCUT2D eigenvalue weighted by Crippen LogP contribution is -2.41. The molecule has 6 nitrogen and oxygen atoms in total. The van der Waals surface area contributed by atoms with Crippen molar-refractivity contribution < 1.29 is 13.5 Å². The van der Waals surface area contributed by atoms with Crippen molar-refractivity contribution >= 4 is 10.0 Å². The largest absolute Gasteiger partial charge is 0.393 e. The minimum absolute atomic E-state index is 0.157. The first-order chi connectivity index (χ1) is 11.6. The molecule has 1 saturated heterocycles. The molecule has 1 aromatic heterocycles. The summed E-state index contributed by atoms with van der Waals surface area (Å²) in [6.45, 7) is 0.890. The van der Waals surface area contributed by atoms with Gasteiger partial charge in [-0.25, -0.2) is 8.42 Å². The van der Waals surface area contributed by atoms with Crippen LogP contribution in [0.5, 0.6) is 0 Å². The Morgan fingerprint density at radius 3 is 2.58 bits per heavy atom. The average Bonchev–Trinajstić information content (AvgIpc) is 3.16. The molecule has 7 heteroatoms. The Bertz CT molecular complexity index is 724. The molecule has 1 atom stereocenters. The van der Waals surface area contributed by atoms with Gasteiger partial charge in [-0.1, -0.05) is 30.3 Å². The van der Waals surface area contributed by atoms with Crippen LogP contribution in [0.4, 0.5) is 0 Å². The number of aryl methyl sites for hydroxylation is 1. The van der Waals surface area contributed by atoms with E-state index in [0.717, 1.165) is 6.42 Å². The molecular weight excluding hydrogens is 326 g/mol. The van der Waals surface area contributed by atoms with Crippen molar-refractivity contribution in [3.63, 3.8) is 0 Å². The van der Waals surface area contributed by atoms with E-state index in [1.807, 2.05) is 18.2 Å². The second-order valence-corrected chi connectivity index (χ2v) is 8.21. The van der Waals surface area contributed by atoms with Crippen molar-refractivity contribution in [2.24, 2.45) is 5.92 Å². The molecule has 1 aromatic carbocycles. The van der Waals surface area contributed by atoms with E-state index in [4.69, 9.17) is 0 Å². The number of rotatable bonds is 6. The lowest BCUT2D eigenvalue weighted by molar-refractivity contribution is 0.0695. The molecule has 2 N–H and O–H groups in total. The number of aliphatic hydroxyl groups excluding tert-OH is 1. The van der Waals surface area contributed by atoms with Crippen molar-refractivity contribution in [3.8, 4) is 0 Å². The van der Waals surface area contributed by atoms with Gasteiger partial charge in [-0.05, 0) is 37.2 Å². The van der Waals surface area contributed by atoms with Crippen LogP contribution < -0.4 is 0 Å². The van der Waals surface area contributed by atoms with Crippen molar-refractivity contribution in [2.75, 3.05) is 13.1 Å². The topological polar surface area (TPSA) is 86.3 Å². The molecule has 0 radical (unpaired) electrons. The smallest absolute Gasteiger partial charge is 0.246 e. The number of benzene rings is 1. The van der Waals surface area contributed by atoms with Crippen LogP contribution in [0.15, 0.2) is 47.6 Å². The zero-order valence-corrected chi connectivity index (χ0v) is 14.3. The SMILES string of the molecule is O=S(=O)(c1cn[nH]c1)N1CCC([C@@H](O)CCc2ccccc2)CC1. The molecule has 1 aliphatic rings. The minimum Gasteiger partial charge on any atom is -0.393 e. The number of H-pyrrole nitrogens is 1. The summed E-state index contributed by atoms with van der Waals surface area (Å²) in [6, 6.07) is 10.1. The molecule has 0 unspecified atom stereocenters. The third kappa shape index (κ3) is 3.85. The molecule has 2 heterocycles. The second kappa shape index (κ2) is 7.46. The first-order valence-electron chi connectivity index (χ1n) is 8.28. The highest BCUT2D eigenvalue weighted by atomic mass is 32.2. The number of nitrogens with zero attached hydrogens (tertiary/aromatic N) is 2. The van der Waals surface area contributed by atoms with Gasteiger partial charge in [0.15, 0.2) is 0 Å². The fourth-order valence-corrected chi connectivity index (χ4v) is 4.60. The number of aliphatic hydroxyl groups is 1. The molecule has 130 valence electrons. The summed E-state index contributed by atoms with van der Waals surface area (Å²) in [5.41, 5.74) is 1.22. The van der Waals surface area contributed by atoms with E-state index in [2.05, 4.69) is 22.3 Å². The van der Waals surface area contributed by atoms with Gasteiger partial charge in [0.05, 0.1) is 12.3 Å². The van der Waals surface area contributed by atoms with E-state index >= 15 is 0 Å². The summed E-state index contributed by atoms with van der Waals surface area (Å²) in [4.78, 5) is 0.200. The van der Waals surface area contributed by atoms with E-state index in [1.165, 1.54) is 22.3 Å². The summed E-state index contributed by atoms with van der Waals surface area (Å²) >= 11 is 0. The number of hydrogen-bond donors (Lipinski definition) is 2. The maximum atomic E-state index is 12.4. The fraction of sp³-hybridized carbons (Fsp3) is 0.471. The van der Waals surface area contributed by atoms with E-state index in [-0.39, 0.29) is 16.9 Å². The lowest BCUT2D eigenvalue weighted by Gasteiger charge is -2.33. The van der Waals surface area contributed by atoms with Crippen LogP contribution in [0, 0.1) is 5.92 Å². The number of piperidine rings is 1. The molecule has 1 aliphatic heterocycles. The minimum atomic E-state index is -3.47. The highest BCUT2D eigenvalue weighted by Crippen LogP contribution is 2.27. The molecule has 0 saturated carbocycles. The van der Waals surface area contributed by atoms with Gasteiger partial charge in [0.1, 0.15) is 4.90 Å². The Labute approximate surface area is 142 Å². The monoisotopic (exact) mass is 349 g/mol. The maximum Gasteiger partial charge on any atom is 0.246 e. The van der Waals surface area contributed by atoms with Crippen molar-refractivity contribution in [2.45, 2.75) is 36.7 Å². The highest BCUT2D eigenvalue weighted by Gasteiger charge is 2.32. The van der Waals surface area contributed by atoms with Crippen molar-refractivity contribution in [3.05, 3.63) is 48.3 Å². The Balaban J connectivity index is 1.51. The standard InChI is InChI=1S/C17H23N3O3S/c21-17(7-6-14-4-2-1-3-5-14)15-8-10-20(11-9-15)24(22,23)16-12-18-19-13-16/h1-5,12-13,15,17,21H,6-11H2,(H,18,19)/t17-/m0/s1. The first-order valence-corrected chi connectivity index (χ1v) is 9.72. The zero-order chi connectivity index (χ0) is 17.0. The highest BCUT2D eigenvalue weighted by molar-refractivity contribution is 7.89. The summed E-state index contributed by atoms with van der Waals surface area (Å²) in [5, 5.41) is 16.7. The van der Waals surface area contributed by atoms with Crippen molar-refractivity contribution in [1.29, 1.82) is 0 Å². The summed E-state index contributed by atoms with van der Waals surface area (Å²) in [6.07, 6.45) is 5.27. The van der Waals surface area contributed by atoms with E-state index in [1.54, 1.807) is 0 Å². The third-order valence-electron chi connectivity index (χ3n) is 4.73. The summed E-state index contributed by atoms with van der Waals surface area (Å²) < 4.78 is 26.4. The van der Waals surface area contributed by atoms with Crippen molar-refractivity contribution in [1.82, 2.24) is 14.5 Å². The van der Waals surface area contributed by atoms with Gasteiger partial charge in [0, 0.05) is 19.3 Å².